The third-order valence-electron chi connectivity index (χ3n) is 6.64. The molecular formula is C25H27FN4O4S. The first-order valence-electron chi connectivity index (χ1n) is 11.9. The lowest BCUT2D eigenvalue weighted by atomic mass is 10.1. The molecule has 2 heterocycles. The molecular weight excluding hydrogens is 471 g/mol. The first-order chi connectivity index (χ1) is 16.8. The van der Waals surface area contributed by atoms with Crippen molar-refractivity contribution in [2.45, 2.75) is 49.8 Å². The number of anilines is 1. The molecule has 2 aliphatic rings. The summed E-state index contributed by atoms with van der Waals surface area (Å²) in [5.74, 6) is -1.12. The van der Waals surface area contributed by atoms with E-state index in [-0.39, 0.29) is 27.8 Å². The highest BCUT2D eigenvalue weighted by Gasteiger charge is 2.29. The van der Waals surface area contributed by atoms with Gasteiger partial charge in [-0.15, -0.1) is 0 Å². The van der Waals surface area contributed by atoms with Gasteiger partial charge in [0.25, 0.3) is 5.91 Å². The zero-order valence-electron chi connectivity index (χ0n) is 19.2. The maximum absolute atomic E-state index is 13.5. The van der Waals surface area contributed by atoms with Gasteiger partial charge in [-0.2, -0.15) is 9.40 Å². The number of carbonyl (C=O) groups excluding carboxylic acids is 1. The zero-order valence-corrected chi connectivity index (χ0v) is 20.0. The van der Waals surface area contributed by atoms with E-state index in [1.54, 1.807) is 16.8 Å². The Kier molecular flexibility index (Phi) is 6.33. The predicted octanol–water partition coefficient (Wildman–Crippen LogP) is 4.02. The summed E-state index contributed by atoms with van der Waals surface area (Å²) in [6.07, 6.45) is 5.92. The van der Waals surface area contributed by atoms with Gasteiger partial charge >= 0.3 is 0 Å². The number of fused-ring (bicyclic) bond motifs is 1. The van der Waals surface area contributed by atoms with Gasteiger partial charge in [0.05, 0.1) is 16.3 Å². The average molecular weight is 499 g/mol. The lowest BCUT2D eigenvalue weighted by Crippen LogP contribution is -2.28. The Morgan fingerprint density at radius 1 is 0.971 bits per heavy atom. The molecule has 1 saturated heterocycles. The van der Waals surface area contributed by atoms with Gasteiger partial charge in [0.15, 0.2) is 5.69 Å². The quantitative estimate of drug-likeness (QED) is 0.408. The molecule has 1 aliphatic carbocycles. The largest absolute Gasteiger partial charge is 0.506 e. The van der Waals surface area contributed by atoms with Crippen LogP contribution in [0.3, 0.4) is 0 Å². The van der Waals surface area contributed by atoms with Crippen LogP contribution in [-0.4, -0.2) is 46.6 Å². The van der Waals surface area contributed by atoms with Crippen LogP contribution in [-0.2, 0) is 22.9 Å². The Labute approximate surface area is 203 Å². The molecule has 0 bridgehead atoms. The molecule has 1 aromatic heterocycles. The summed E-state index contributed by atoms with van der Waals surface area (Å²) in [5, 5.41) is 17.6. The molecule has 8 nitrogen and oxygen atoms in total. The molecule has 2 aromatic carbocycles. The fourth-order valence-electron chi connectivity index (χ4n) is 4.79. The van der Waals surface area contributed by atoms with Crippen LogP contribution >= 0.6 is 0 Å². The van der Waals surface area contributed by atoms with Gasteiger partial charge < -0.3 is 10.4 Å². The molecule has 10 heteroatoms. The second kappa shape index (κ2) is 9.43. The molecule has 2 N–H and O–H groups in total. The van der Waals surface area contributed by atoms with E-state index in [1.807, 2.05) is 0 Å². The van der Waals surface area contributed by atoms with Crippen LogP contribution in [0, 0.1) is 5.82 Å². The fourth-order valence-corrected chi connectivity index (χ4v) is 6.33. The van der Waals surface area contributed by atoms with Crippen molar-refractivity contribution < 1.29 is 22.7 Å². The summed E-state index contributed by atoms with van der Waals surface area (Å²) in [7, 11) is -3.71. The molecule has 0 unspecified atom stereocenters. The Hall–Kier alpha value is -3.24. The summed E-state index contributed by atoms with van der Waals surface area (Å²) in [4.78, 5) is 13.4. The summed E-state index contributed by atoms with van der Waals surface area (Å²) < 4.78 is 42.5. The number of nitrogens with zero attached hydrogens (tertiary/aromatic N) is 3. The normalized spacial score (nSPS) is 16.6. The van der Waals surface area contributed by atoms with Gasteiger partial charge in [-0.05, 0) is 81.0 Å². The third kappa shape index (κ3) is 4.55. The van der Waals surface area contributed by atoms with Gasteiger partial charge in [-0.25, -0.2) is 17.5 Å². The van der Waals surface area contributed by atoms with E-state index in [9.17, 15) is 22.7 Å². The van der Waals surface area contributed by atoms with Crippen molar-refractivity contribution in [3.63, 3.8) is 0 Å². The highest BCUT2D eigenvalue weighted by molar-refractivity contribution is 7.89. The van der Waals surface area contributed by atoms with Gasteiger partial charge in [0.2, 0.25) is 10.0 Å². The molecule has 0 radical (unpaired) electrons. The van der Waals surface area contributed by atoms with Crippen molar-refractivity contribution in [1.29, 1.82) is 0 Å². The summed E-state index contributed by atoms with van der Waals surface area (Å²) in [6.45, 7) is 0.912. The number of benzene rings is 2. The first-order valence-corrected chi connectivity index (χ1v) is 13.3. The van der Waals surface area contributed by atoms with Crippen molar-refractivity contribution in [2.24, 2.45) is 0 Å². The van der Waals surface area contributed by atoms with Crippen LogP contribution in [0.5, 0.6) is 5.75 Å². The summed E-state index contributed by atoms with van der Waals surface area (Å²) >= 11 is 0. The lowest BCUT2D eigenvalue weighted by molar-refractivity contribution is 0.102. The van der Waals surface area contributed by atoms with Gasteiger partial charge in [-0.3, -0.25) is 4.79 Å². The molecule has 35 heavy (non-hydrogen) atoms. The number of hydrogen-bond acceptors (Lipinski definition) is 5. The standard InChI is InChI=1S/C25H27FN4O4S/c26-17-8-10-18(11-9-17)30-22-7-3-1-2-6-20(22)24(28-30)25(32)27-21-16-19(12-13-23(21)31)35(33,34)29-14-4-5-15-29/h8-13,16,31H,1-7,14-15H2,(H,27,32). The number of nitrogens with one attached hydrogen (secondary N) is 1. The number of rotatable bonds is 5. The van der Waals surface area contributed by atoms with Crippen LogP contribution in [0.15, 0.2) is 47.4 Å². The lowest BCUT2D eigenvalue weighted by Gasteiger charge is -2.16. The molecule has 5 rings (SSSR count). The SMILES string of the molecule is O=C(Nc1cc(S(=O)(=O)N2CCCC2)ccc1O)c1nn(-c2ccc(F)cc2)c2c1CCCCC2. The van der Waals surface area contributed by atoms with E-state index in [1.165, 1.54) is 34.6 Å². The molecule has 0 saturated carbocycles. The number of phenolic OH excluding ortho intramolecular Hbond substituents is 1. The predicted molar refractivity (Wildman–Crippen MR) is 129 cm³/mol. The maximum Gasteiger partial charge on any atom is 0.276 e. The van der Waals surface area contributed by atoms with Gasteiger partial charge in [0, 0.05) is 24.3 Å². The molecule has 0 spiro atoms. The maximum atomic E-state index is 13.5. The van der Waals surface area contributed by atoms with E-state index in [0.29, 0.717) is 25.2 Å². The molecule has 0 atom stereocenters. The smallest absolute Gasteiger partial charge is 0.276 e. The summed E-state index contributed by atoms with van der Waals surface area (Å²) in [5.41, 5.74) is 2.62. The zero-order chi connectivity index (χ0) is 24.6. The van der Waals surface area contributed by atoms with Crippen molar-refractivity contribution >= 4 is 21.6 Å². The molecule has 1 amide bonds. The minimum atomic E-state index is -3.71. The van der Waals surface area contributed by atoms with Crippen LogP contribution in [0.4, 0.5) is 10.1 Å². The molecule has 3 aromatic rings. The second-order valence-corrected chi connectivity index (χ2v) is 10.9. The van der Waals surface area contributed by atoms with Crippen LogP contribution < -0.4 is 5.32 Å². The van der Waals surface area contributed by atoms with Gasteiger partial charge in [0.1, 0.15) is 11.6 Å². The van der Waals surface area contributed by atoms with Crippen molar-refractivity contribution in [1.82, 2.24) is 14.1 Å². The number of hydrogen-bond donors (Lipinski definition) is 2. The van der Waals surface area contributed by atoms with E-state index in [4.69, 9.17) is 0 Å². The number of aromatic nitrogens is 2. The molecule has 1 fully saturated rings. The van der Waals surface area contributed by atoms with Crippen LogP contribution in [0.2, 0.25) is 0 Å². The Morgan fingerprint density at radius 2 is 1.69 bits per heavy atom. The second-order valence-electron chi connectivity index (χ2n) is 8.97. The van der Waals surface area contributed by atoms with Crippen LogP contribution in [0.1, 0.15) is 53.8 Å². The number of carbonyl (C=O) groups is 1. The minimum absolute atomic E-state index is 0.00831. The van der Waals surface area contributed by atoms with Crippen molar-refractivity contribution in [3.8, 4) is 11.4 Å². The van der Waals surface area contributed by atoms with Gasteiger partial charge in [-0.1, -0.05) is 6.42 Å². The van der Waals surface area contributed by atoms with Crippen molar-refractivity contribution in [3.05, 3.63) is 65.2 Å². The van der Waals surface area contributed by atoms with E-state index >= 15 is 0 Å². The minimum Gasteiger partial charge on any atom is -0.506 e. The average Bonchev–Trinajstić information content (AvgIpc) is 3.45. The highest BCUT2D eigenvalue weighted by atomic mass is 32.2. The fraction of sp³-hybridized carbons (Fsp3) is 0.360. The number of aromatic hydroxyl groups is 1. The number of sulfonamides is 1. The van der Waals surface area contributed by atoms with E-state index < -0.39 is 15.9 Å². The molecule has 1 aliphatic heterocycles. The van der Waals surface area contributed by atoms with E-state index in [0.717, 1.165) is 49.8 Å². The third-order valence-corrected chi connectivity index (χ3v) is 8.53. The Bertz CT molecular complexity index is 1360. The molecule has 184 valence electrons. The van der Waals surface area contributed by atoms with Crippen molar-refractivity contribution in [2.75, 3.05) is 18.4 Å². The van der Waals surface area contributed by atoms with Crippen LogP contribution in [0.25, 0.3) is 5.69 Å². The number of halogens is 1. The Balaban J connectivity index is 1.49. The number of phenols is 1. The Morgan fingerprint density at radius 3 is 2.43 bits per heavy atom. The monoisotopic (exact) mass is 498 g/mol. The number of amides is 1. The first kappa shape index (κ1) is 23.5. The van der Waals surface area contributed by atoms with E-state index in [2.05, 4.69) is 10.4 Å². The highest BCUT2D eigenvalue weighted by Crippen LogP contribution is 2.31. The topological polar surface area (TPSA) is 105 Å². The summed E-state index contributed by atoms with van der Waals surface area (Å²) in [6, 6.07) is 9.84.